The lowest BCUT2D eigenvalue weighted by Crippen LogP contribution is -2.31. The number of aliphatic hydroxyl groups excluding tert-OH is 1. The van der Waals surface area contributed by atoms with Crippen LogP contribution in [0.15, 0.2) is 18.5 Å². The Morgan fingerprint density at radius 2 is 2.21 bits per heavy atom. The first-order chi connectivity index (χ1) is 9.28. The quantitative estimate of drug-likeness (QED) is 0.867. The molecular formula is C11H13ClN6O. The van der Waals surface area contributed by atoms with Crippen molar-refractivity contribution >= 4 is 17.5 Å². The van der Waals surface area contributed by atoms with Crippen LogP contribution in [-0.4, -0.2) is 49.0 Å². The van der Waals surface area contributed by atoms with Crippen LogP contribution in [0.25, 0.3) is 5.95 Å². The fraction of sp³-hybridized carbons (Fsp3) is 0.455. The Morgan fingerprint density at radius 1 is 1.37 bits per heavy atom. The molecule has 0 atom stereocenters. The number of aliphatic hydroxyl groups is 1. The Morgan fingerprint density at radius 3 is 2.84 bits per heavy atom. The molecule has 0 aromatic carbocycles. The first kappa shape index (κ1) is 12.3. The molecule has 0 bridgehead atoms. The summed E-state index contributed by atoms with van der Waals surface area (Å²) < 4.78 is 1.53. The van der Waals surface area contributed by atoms with Gasteiger partial charge in [-0.25, -0.2) is 4.68 Å². The predicted molar refractivity (Wildman–Crippen MR) is 69.4 cm³/mol. The van der Waals surface area contributed by atoms with Gasteiger partial charge >= 0.3 is 0 Å². The number of hydrogen-bond acceptors (Lipinski definition) is 6. The van der Waals surface area contributed by atoms with Crippen LogP contribution in [-0.2, 0) is 0 Å². The summed E-state index contributed by atoms with van der Waals surface area (Å²) in [6.45, 7) is 0.542. The van der Waals surface area contributed by atoms with Crippen molar-refractivity contribution < 1.29 is 5.11 Å². The molecule has 1 aliphatic rings. The van der Waals surface area contributed by atoms with E-state index in [1.807, 2.05) is 4.90 Å². The van der Waals surface area contributed by atoms with Crippen molar-refractivity contribution in [2.45, 2.75) is 18.9 Å². The molecule has 0 aliphatic heterocycles. The molecule has 2 heterocycles. The minimum absolute atomic E-state index is 0.0525. The number of nitrogens with zero attached hydrogens (tertiary/aromatic N) is 6. The Balaban J connectivity index is 1.96. The first-order valence-electron chi connectivity index (χ1n) is 6.07. The minimum Gasteiger partial charge on any atom is -0.395 e. The standard InChI is InChI=1S/C11H13ClN6O/c12-9-14-10(17(6-7-19)8-2-3-8)16-11(15-9)18-5-1-4-13-18/h1,4-5,8,19H,2-3,6-7H2. The average molecular weight is 281 g/mol. The van der Waals surface area contributed by atoms with Gasteiger partial charge in [-0.05, 0) is 30.5 Å². The van der Waals surface area contributed by atoms with Gasteiger partial charge in [0.05, 0.1) is 6.61 Å². The van der Waals surface area contributed by atoms with Gasteiger partial charge < -0.3 is 10.0 Å². The van der Waals surface area contributed by atoms with Crippen molar-refractivity contribution in [1.29, 1.82) is 0 Å². The van der Waals surface area contributed by atoms with Gasteiger partial charge in [0.25, 0.3) is 5.95 Å². The maximum absolute atomic E-state index is 9.13. The van der Waals surface area contributed by atoms with Crippen LogP contribution in [0, 0.1) is 0 Å². The first-order valence-corrected chi connectivity index (χ1v) is 6.45. The molecule has 100 valence electrons. The molecule has 0 unspecified atom stereocenters. The van der Waals surface area contributed by atoms with Crippen LogP contribution in [0.2, 0.25) is 5.28 Å². The van der Waals surface area contributed by atoms with E-state index in [4.69, 9.17) is 16.7 Å². The second-order valence-electron chi connectivity index (χ2n) is 4.30. The maximum Gasteiger partial charge on any atom is 0.256 e. The van der Waals surface area contributed by atoms with Crippen molar-refractivity contribution in [3.05, 3.63) is 23.7 Å². The summed E-state index contributed by atoms with van der Waals surface area (Å²) in [5, 5.41) is 13.3. The molecule has 2 aromatic rings. The van der Waals surface area contributed by atoms with E-state index < -0.39 is 0 Å². The lowest BCUT2D eigenvalue weighted by Gasteiger charge is -2.21. The van der Waals surface area contributed by atoms with E-state index in [-0.39, 0.29) is 11.9 Å². The van der Waals surface area contributed by atoms with Gasteiger partial charge in [0, 0.05) is 25.0 Å². The van der Waals surface area contributed by atoms with Gasteiger partial charge in [-0.2, -0.15) is 20.1 Å². The summed E-state index contributed by atoms with van der Waals surface area (Å²) in [5.41, 5.74) is 0. The zero-order valence-electron chi connectivity index (χ0n) is 10.1. The van der Waals surface area contributed by atoms with Crippen molar-refractivity contribution in [3.63, 3.8) is 0 Å². The molecule has 0 spiro atoms. The zero-order chi connectivity index (χ0) is 13.2. The third-order valence-electron chi connectivity index (χ3n) is 2.88. The number of rotatable bonds is 5. The van der Waals surface area contributed by atoms with Gasteiger partial charge in [-0.15, -0.1) is 0 Å². The van der Waals surface area contributed by atoms with Gasteiger partial charge in [0.1, 0.15) is 0 Å². The van der Waals surface area contributed by atoms with Crippen LogP contribution >= 0.6 is 11.6 Å². The topological polar surface area (TPSA) is 80.0 Å². The second-order valence-corrected chi connectivity index (χ2v) is 4.64. The Labute approximate surface area is 114 Å². The van der Waals surface area contributed by atoms with E-state index in [0.717, 1.165) is 12.8 Å². The second kappa shape index (κ2) is 5.10. The average Bonchev–Trinajstić information content (AvgIpc) is 3.08. The van der Waals surface area contributed by atoms with Crippen LogP contribution in [0.5, 0.6) is 0 Å². The summed E-state index contributed by atoms with van der Waals surface area (Å²) in [7, 11) is 0. The predicted octanol–water partition coefficient (Wildman–Crippen LogP) is 0.672. The maximum atomic E-state index is 9.13. The normalized spacial score (nSPS) is 14.6. The van der Waals surface area contributed by atoms with E-state index >= 15 is 0 Å². The van der Waals surface area contributed by atoms with E-state index in [1.165, 1.54) is 4.68 Å². The number of hydrogen-bond donors (Lipinski definition) is 1. The molecule has 0 radical (unpaired) electrons. The summed E-state index contributed by atoms with van der Waals surface area (Å²) in [6, 6.07) is 2.17. The fourth-order valence-electron chi connectivity index (χ4n) is 1.89. The van der Waals surface area contributed by atoms with Crippen LogP contribution in [0.3, 0.4) is 0 Å². The van der Waals surface area contributed by atoms with Crippen molar-refractivity contribution in [2.75, 3.05) is 18.1 Å². The van der Waals surface area contributed by atoms with Crippen LogP contribution in [0.1, 0.15) is 12.8 Å². The summed E-state index contributed by atoms with van der Waals surface area (Å²) in [4.78, 5) is 14.5. The fourth-order valence-corrected chi connectivity index (χ4v) is 2.04. The molecule has 0 saturated heterocycles. The Hall–Kier alpha value is -1.73. The van der Waals surface area contributed by atoms with Crippen LogP contribution in [0.4, 0.5) is 5.95 Å². The van der Waals surface area contributed by atoms with E-state index in [0.29, 0.717) is 24.5 Å². The molecule has 3 rings (SSSR count). The van der Waals surface area contributed by atoms with E-state index in [1.54, 1.807) is 18.5 Å². The molecular weight excluding hydrogens is 268 g/mol. The molecule has 1 saturated carbocycles. The smallest absolute Gasteiger partial charge is 0.256 e. The molecule has 1 aliphatic carbocycles. The molecule has 1 fully saturated rings. The highest BCUT2D eigenvalue weighted by molar-refractivity contribution is 6.28. The molecule has 7 nitrogen and oxygen atoms in total. The van der Waals surface area contributed by atoms with Gasteiger partial charge in [-0.1, -0.05) is 0 Å². The molecule has 19 heavy (non-hydrogen) atoms. The molecule has 1 N–H and O–H groups in total. The SMILES string of the molecule is OCCN(c1nc(Cl)nc(-n2cccn2)n1)C1CC1. The summed E-state index contributed by atoms with van der Waals surface area (Å²) >= 11 is 5.94. The van der Waals surface area contributed by atoms with Crippen molar-refractivity contribution in [1.82, 2.24) is 24.7 Å². The van der Waals surface area contributed by atoms with Gasteiger partial charge in [-0.3, -0.25) is 0 Å². The van der Waals surface area contributed by atoms with Crippen LogP contribution < -0.4 is 4.90 Å². The number of aromatic nitrogens is 5. The highest BCUT2D eigenvalue weighted by atomic mass is 35.5. The molecule has 2 aromatic heterocycles. The Kier molecular flexibility index (Phi) is 3.31. The largest absolute Gasteiger partial charge is 0.395 e. The highest BCUT2D eigenvalue weighted by Crippen LogP contribution is 2.29. The lowest BCUT2D eigenvalue weighted by atomic mass is 10.5. The molecule has 0 amide bonds. The number of anilines is 1. The molecule has 8 heteroatoms. The van der Waals surface area contributed by atoms with Crippen molar-refractivity contribution in [2.24, 2.45) is 0 Å². The van der Waals surface area contributed by atoms with E-state index in [9.17, 15) is 0 Å². The lowest BCUT2D eigenvalue weighted by molar-refractivity contribution is 0.300. The van der Waals surface area contributed by atoms with E-state index in [2.05, 4.69) is 20.1 Å². The van der Waals surface area contributed by atoms with Gasteiger partial charge in [0.2, 0.25) is 11.2 Å². The number of halogens is 1. The van der Waals surface area contributed by atoms with Gasteiger partial charge in [0.15, 0.2) is 0 Å². The van der Waals surface area contributed by atoms with Crippen molar-refractivity contribution in [3.8, 4) is 5.95 Å². The minimum atomic E-state index is 0.0525. The zero-order valence-corrected chi connectivity index (χ0v) is 10.9. The third kappa shape index (κ3) is 2.66. The monoisotopic (exact) mass is 280 g/mol. The summed E-state index contributed by atoms with van der Waals surface area (Å²) in [6.07, 6.45) is 5.55. The third-order valence-corrected chi connectivity index (χ3v) is 3.05. The Bertz CT molecular complexity index is 556. The summed E-state index contributed by atoms with van der Waals surface area (Å²) in [5.74, 6) is 0.866. The highest BCUT2D eigenvalue weighted by Gasteiger charge is 2.31.